The molecule has 1 saturated heterocycles. The molecule has 0 radical (unpaired) electrons. The monoisotopic (exact) mass is 444 g/mol. The van der Waals surface area contributed by atoms with Crippen LogP contribution in [0.1, 0.15) is 56.6 Å². The van der Waals surface area contributed by atoms with Gasteiger partial charge >= 0.3 is 0 Å². The molecule has 1 atom stereocenters. The van der Waals surface area contributed by atoms with Crippen LogP contribution in [-0.2, 0) is 11.0 Å². The maximum atomic E-state index is 12.2. The van der Waals surface area contributed by atoms with E-state index in [4.69, 9.17) is 0 Å². The number of nitriles is 1. The third kappa shape index (κ3) is 3.40. The number of aromatic nitrogens is 1. The van der Waals surface area contributed by atoms with Gasteiger partial charge in [-0.1, -0.05) is 12.1 Å². The molecule has 1 unspecified atom stereocenters. The molecule has 5 nitrogen and oxygen atoms in total. The fourth-order valence-electron chi connectivity index (χ4n) is 5.07. The summed E-state index contributed by atoms with van der Waals surface area (Å²) >= 11 is 0. The van der Waals surface area contributed by atoms with Gasteiger partial charge in [-0.05, 0) is 80.8 Å². The Labute approximate surface area is 191 Å². The van der Waals surface area contributed by atoms with Crippen LogP contribution in [0.25, 0.3) is 22.2 Å². The average molecular weight is 445 g/mol. The molecule has 1 N–H and O–H groups in total. The van der Waals surface area contributed by atoms with Gasteiger partial charge in [0.05, 0.1) is 22.0 Å². The van der Waals surface area contributed by atoms with E-state index in [1.165, 1.54) is 30.5 Å². The second-order valence-electron chi connectivity index (χ2n) is 9.36. The molecular weight excluding hydrogens is 416 g/mol. The molecule has 1 aliphatic heterocycles. The second-order valence-corrected chi connectivity index (χ2v) is 10.8. The lowest BCUT2D eigenvalue weighted by molar-refractivity contribution is 0.324. The van der Waals surface area contributed by atoms with E-state index < -0.39 is 11.0 Å². The van der Waals surface area contributed by atoms with Crippen molar-refractivity contribution in [2.24, 2.45) is 0 Å². The van der Waals surface area contributed by atoms with Crippen LogP contribution >= 0.6 is 0 Å². The van der Waals surface area contributed by atoms with Crippen LogP contribution < -0.4 is 9.62 Å². The first-order valence-corrected chi connectivity index (χ1v) is 13.0. The van der Waals surface area contributed by atoms with Gasteiger partial charge in [0.2, 0.25) is 0 Å². The minimum Gasteiger partial charge on any atom is -0.371 e. The summed E-state index contributed by atoms with van der Waals surface area (Å²) in [6.45, 7) is 2.23. The molecule has 32 heavy (non-hydrogen) atoms. The Kier molecular flexibility index (Phi) is 4.95. The van der Waals surface area contributed by atoms with Gasteiger partial charge in [0.1, 0.15) is 17.1 Å². The Balaban J connectivity index is 1.44. The molecule has 164 valence electrons. The van der Waals surface area contributed by atoms with Gasteiger partial charge in [-0.15, -0.1) is 0 Å². The highest BCUT2D eigenvalue weighted by molar-refractivity contribution is 7.87. The van der Waals surface area contributed by atoms with Crippen molar-refractivity contribution in [2.45, 2.75) is 56.2 Å². The molecule has 1 aromatic heterocycles. The zero-order valence-corrected chi connectivity index (χ0v) is 19.0. The average Bonchev–Trinajstić information content (AvgIpc) is 3.40. The standard InChI is InChI=1S/C26H28N4OS/c27-17-24-23-13-10-21(29-14-1-2-15-29)16-25(23)30(20-4-3-5-20)26(24)18-6-8-19(9-7-18)28-32(31)22-11-12-22/h6-10,13,16,20,22,28H,1-5,11-12,14-15H2. The highest BCUT2D eigenvalue weighted by Gasteiger charge is 2.30. The van der Waals surface area contributed by atoms with Gasteiger partial charge in [0.15, 0.2) is 0 Å². The molecule has 3 fully saturated rings. The maximum absolute atomic E-state index is 12.2. The Bertz CT molecular complexity index is 1230. The summed E-state index contributed by atoms with van der Waals surface area (Å²) in [6, 6.07) is 17.7. The number of rotatable bonds is 6. The topological polar surface area (TPSA) is 61.1 Å². The van der Waals surface area contributed by atoms with Crippen molar-refractivity contribution in [1.82, 2.24) is 4.57 Å². The number of benzene rings is 2. The van der Waals surface area contributed by atoms with Crippen LogP contribution in [0.4, 0.5) is 11.4 Å². The molecule has 3 aliphatic rings. The number of nitrogens with one attached hydrogen (secondary N) is 1. The summed E-state index contributed by atoms with van der Waals surface area (Å²) in [5.41, 5.74) is 6.17. The predicted molar refractivity (Wildman–Crippen MR) is 131 cm³/mol. The molecule has 0 bridgehead atoms. The van der Waals surface area contributed by atoms with E-state index in [-0.39, 0.29) is 0 Å². The number of fused-ring (bicyclic) bond motifs is 1. The largest absolute Gasteiger partial charge is 0.371 e. The molecule has 0 amide bonds. The molecule has 2 saturated carbocycles. The zero-order valence-electron chi connectivity index (χ0n) is 18.2. The Morgan fingerprint density at radius 3 is 2.34 bits per heavy atom. The SMILES string of the molecule is N#Cc1c(-c2ccc(NS(=O)C3CC3)cc2)n(C2CCC2)c2cc(N3CCCC3)ccc12. The molecule has 0 spiro atoms. The first kappa shape index (κ1) is 19.9. The van der Waals surface area contributed by atoms with E-state index in [1.807, 2.05) is 12.1 Å². The van der Waals surface area contributed by atoms with Crippen LogP contribution in [0.15, 0.2) is 42.5 Å². The minimum absolute atomic E-state index is 0.297. The highest BCUT2D eigenvalue weighted by Crippen LogP contribution is 2.43. The predicted octanol–water partition coefficient (Wildman–Crippen LogP) is 5.74. The maximum Gasteiger partial charge on any atom is 0.120 e. The van der Waals surface area contributed by atoms with Crippen molar-refractivity contribution >= 4 is 33.3 Å². The quantitative estimate of drug-likeness (QED) is 0.527. The van der Waals surface area contributed by atoms with Crippen LogP contribution in [0.5, 0.6) is 0 Å². The van der Waals surface area contributed by atoms with Crippen LogP contribution in [0.3, 0.4) is 0 Å². The summed E-state index contributed by atoms with van der Waals surface area (Å²) in [4.78, 5) is 2.46. The van der Waals surface area contributed by atoms with Crippen molar-refractivity contribution in [3.63, 3.8) is 0 Å². The third-order valence-electron chi connectivity index (χ3n) is 7.21. The smallest absolute Gasteiger partial charge is 0.120 e. The van der Waals surface area contributed by atoms with Gasteiger partial charge in [-0.2, -0.15) is 5.26 Å². The van der Waals surface area contributed by atoms with Gasteiger partial charge in [-0.3, -0.25) is 0 Å². The van der Waals surface area contributed by atoms with Gasteiger partial charge in [-0.25, -0.2) is 4.21 Å². The number of hydrogen-bond donors (Lipinski definition) is 1. The van der Waals surface area contributed by atoms with Gasteiger partial charge < -0.3 is 14.2 Å². The fourth-order valence-corrected chi connectivity index (χ4v) is 6.17. The van der Waals surface area contributed by atoms with E-state index in [9.17, 15) is 9.47 Å². The summed E-state index contributed by atoms with van der Waals surface area (Å²) in [6.07, 6.45) is 8.16. The molecule has 3 aromatic rings. The Morgan fingerprint density at radius 1 is 0.969 bits per heavy atom. The van der Waals surface area contributed by atoms with Crippen molar-refractivity contribution < 1.29 is 4.21 Å². The minimum atomic E-state index is -1.00. The molecular formula is C26H28N4OS. The van der Waals surface area contributed by atoms with E-state index in [0.29, 0.717) is 11.3 Å². The summed E-state index contributed by atoms with van der Waals surface area (Å²) in [7, 11) is -1.00. The van der Waals surface area contributed by atoms with Crippen LogP contribution in [0, 0.1) is 11.3 Å². The van der Waals surface area contributed by atoms with Gasteiger partial charge in [0.25, 0.3) is 0 Å². The fraction of sp³-hybridized carbons (Fsp3) is 0.423. The van der Waals surface area contributed by atoms with Crippen molar-refractivity contribution in [3.8, 4) is 17.3 Å². The number of anilines is 2. The lowest BCUT2D eigenvalue weighted by Gasteiger charge is -2.30. The molecule has 6 rings (SSSR count). The van der Waals surface area contributed by atoms with E-state index >= 15 is 0 Å². The first-order valence-electron chi connectivity index (χ1n) is 11.8. The Morgan fingerprint density at radius 2 is 1.72 bits per heavy atom. The highest BCUT2D eigenvalue weighted by atomic mass is 32.2. The molecule has 2 aromatic carbocycles. The first-order chi connectivity index (χ1) is 15.7. The van der Waals surface area contributed by atoms with Crippen molar-refractivity contribution in [2.75, 3.05) is 22.7 Å². The molecule has 2 aliphatic carbocycles. The van der Waals surface area contributed by atoms with E-state index in [0.717, 1.165) is 66.7 Å². The Hall–Kier alpha value is -2.78. The lowest BCUT2D eigenvalue weighted by atomic mass is 9.92. The van der Waals surface area contributed by atoms with Crippen molar-refractivity contribution in [3.05, 3.63) is 48.0 Å². The third-order valence-corrected chi connectivity index (χ3v) is 8.73. The van der Waals surface area contributed by atoms with Crippen LogP contribution in [0.2, 0.25) is 0 Å². The number of nitrogens with zero attached hydrogens (tertiary/aromatic N) is 3. The summed E-state index contributed by atoms with van der Waals surface area (Å²) < 4.78 is 17.8. The van der Waals surface area contributed by atoms with Crippen LogP contribution in [-0.4, -0.2) is 27.1 Å². The molecule has 6 heteroatoms. The van der Waals surface area contributed by atoms with Gasteiger partial charge in [0, 0.05) is 35.9 Å². The summed E-state index contributed by atoms with van der Waals surface area (Å²) in [5.74, 6) is 0. The zero-order chi connectivity index (χ0) is 21.7. The normalized spacial score (nSPS) is 19.7. The second kappa shape index (κ2) is 7.97. The van der Waals surface area contributed by atoms with Crippen molar-refractivity contribution in [1.29, 1.82) is 5.26 Å². The van der Waals surface area contributed by atoms with E-state index in [2.05, 4.69) is 50.6 Å². The van der Waals surface area contributed by atoms with E-state index in [1.54, 1.807) is 0 Å². The summed E-state index contributed by atoms with van der Waals surface area (Å²) in [5, 5.41) is 11.5. The number of hydrogen-bond acceptors (Lipinski definition) is 3. The lowest BCUT2D eigenvalue weighted by Crippen LogP contribution is -2.19. The molecule has 2 heterocycles.